The molecule has 1 aromatic carbocycles. The maximum atomic E-state index is 12.1. The fourth-order valence-electron chi connectivity index (χ4n) is 3.05. The first-order chi connectivity index (χ1) is 12.5. The Balaban J connectivity index is 1.57. The second kappa shape index (κ2) is 8.17. The van der Waals surface area contributed by atoms with Crippen molar-refractivity contribution in [2.45, 2.75) is 43.2 Å². The van der Waals surface area contributed by atoms with Crippen molar-refractivity contribution in [3.8, 4) is 0 Å². The van der Waals surface area contributed by atoms with Gasteiger partial charge in [0.2, 0.25) is 11.1 Å². The van der Waals surface area contributed by atoms with Crippen LogP contribution in [0.2, 0.25) is 0 Å². The van der Waals surface area contributed by atoms with E-state index >= 15 is 0 Å². The molecule has 1 saturated carbocycles. The van der Waals surface area contributed by atoms with Gasteiger partial charge in [0.05, 0.1) is 10.7 Å². The zero-order chi connectivity index (χ0) is 18.5. The minimum absolute atomic E-state index is 0.0747. The highest BCUT2D eigenvalue weighted by Gasteiger charge is 2.22. The Morgan fingerprint density at radius 3 is 2.85 bits per heavy atom. The van der Waals surface area contributed by atoms with Crippen LogP contribution < -0.4 is 11.2 Å². The zero-order valence-electron chi connectivity index (χ0n) is 14.1. The average molecular weight is 376 g/mol. The van der Waals surface area contributed by atoms with E-state index in [4.69, 9.17) is 5.84 Å². The molecule has 3 rings (SSSR count). The molecule has 10 heteroatoms. The van der Waals surface area contributed by atoms with Gasteiger partial charge in [0.25, 0.3) is 5.69 Å². The van der Waals surface area contributed by atoms with Crippen LogP contribution in [0.25, 0.3) is 0 Å². The number of carbonyl (C=O) groups excluding carboxylic acids is 1. The second-order valence-corrected chi connectivity index (χ2v) is 7.13. The maximum absolute atomic E-state index is 12.1. The zero-order valence-corrected chi connectivity index (χ0v) is 14.9. The van der Waals surface area contributed by atoms with Gasteiger partial charge < -0.3 is 11.2 Å². The predicted molar refractivity (Wildman–Crippen MR) is 98.4 cm³/mol. The number of nitrogens with zero attached hydrogens (tertiary/aromatic N) is 4. The predicted octanol–water partition coefficient (Wildman–Crippen LogP) is 2.68. The Bertz CT molecular complexity index is 803. The fourth-order valence-corrected chi connectivity index (χ4v) is 3.71. The molecule has 0 aliphatic heterocycles. The van der Waals surface area contributed by atoms with E-state index in [2.05, 4.69) is 15.5 Å². The lowest BCUT2D eigenvalue weighted by molar-refractivity contribution is -0.384. The van der Waals surface area contributed by atoms with Crippen LogP contribution in [0.1, 0.15) is 43.8 Å². The van der Waals surface area contributed by atoms with Gasteiger partial charge in [-0.1, -0.05) is 37.1 Å². The van der Waals surface area contributed by atoms with Gasteiger partial charge in [0.15, 0.2) is 5.82 Å². The minimum Gasteiger partial charge on any atom is -0.336 e. The number of aromatic nitrogens is 3. The van der Waals surface area contributed by atoms with Gasteiger partial charge in [-0.25, -0.2) is 4.68 Å². The molecule has 1 heterocycles. The summed E-state index contributed by atoms with van der Waals surface area (Å²) in [4.78, 5) is 22.4. The summed E-state index contributed by atoms with van der Waals surface area (Å²) < 4.78 is 1.47. The molecule has 1 aliphatic rings. The van der Waals surface area contributed by atoms with Crippen molar-refractivity contribution >= 4 is 29.0 Å². The van der Waals surface area contributed by atoms with Gasteiger partial charge >= 0.3 is 0 Å². The van der Waals surface area contributed by atoms with E-state index in [1.54, 1.807) is 6.07 Å². The summed E-state index contributed by atoms with van der Waals surface area (Å²) in [6, 6.07) is 5.80. The van der Waals surface area contributed by atoms with E-state index in [-0.39, 0.29) is 17.3 Å². The van der Waals surface area contributed by atoms with Gasteiger partial charge in [-0.2, -0.15) is 0 Å². The van der Waals surface area contributed by atoms with Crippen molar-refractivity contribution in [2.75, 3.05) is 16.9 Å². The summed E-state index contributed by atoms with van der Waals surface area (Å²) in [5.74, 6) is 6.98. The number of amides is 1. The molecule has 3 N–H and O–H groups in total. The van der Waals surface area contributed by atoms with Crippen molar-refractivity contribution in [3.05, 3.63) is 40.2 Å². The molecule has 26 heavy (non-hydrogen) atoms. The number of nitrogens with one attached hydrogen (secondary N) is 1. The topological polar surface area (TPSA) is 129 Å². The van der Waals surface area contributed by atoms with Gasteiger partial charge in [0, 0.05) is 23.7 Å². The van der Waals surface area contributed by atoms with Crippen LogP contribution in [-0.2, 0) is 4.79 Å². The van der Waals surface area contributed by atoms with E-state index in [0.717, 1.165) is 18.7 Å². The first-order valence-corrected chi connectivity index (χ1v) is 9.40. The molecule has 0 saturated heterocycles. The molecule has 0 spiro atoms. The summed E-state index contributed by atoms with van der Waals surface area (Å²) >= 11 is 1.19. The molecule has 1 aromatic heterocycles. The Kier molecular flexibility index (Phi) is 5.71. The van der Waals surface area contributed by atoms with Crippen LogP contribution >= 0.6 is 11.8 Å². The third kappa shape index (κ3) is 4.31. The second-order valence-electron chi connectivity index (χ2n) is 6.19. The number of anilines is 1. The molecule has 1 amide bonds. The standard InChI is InChI=1S/C16H20N6O3S/c17-21-15(11-5-2-1-3-6-11)19-20-16(21)26-10-14(23)18-12-7-4-8-13(9-12)22(24)25/h4,7-9,11H,1-3,5-6,10,17H2,(H,18,23). The molecule has 0 unspecified atom stereocenters. The van der Waals surface area contributed by atoms with Crippen LogP contribution in [0.3, 0.4) is 0 Å². The molecule has 2 aromatic rings. The first kappa shape index (κ1) is 18.2. The maximum Gasteiger partial charge on any atom is 0.271 e. The van der Waals surface area contributed by atoms with Crippen LogP contribution in [0.5, 0.6) is 0 Å². The van der Waals surface area contributed by atoms with Gasteiger partial charge in [-0.3, -0.25) is 14.9 Å². The number of carbonyl (C=O) groups is 1. The van der Waals surface area contributed by atoms with Gasteiger partial charge in [-0.15, -0.1) is 10.2 Å². The lowest BCUT2D eigenvalue weighted by Crippen LogP contribution is -2.19. The summed E-state index contributed by atoms with van der Waals surface area (Å²) in [6.07, 6.45) is 5.71. The molecule has 0 atom stereocenters. The highest BCUT2D eigenvalue weighted by Crippen LogP contribution is 2.32. The Hall–Kier alpha value is -2.62. The lowest BCUT2D eigenvalue weighted by atomic mass is 9.89. The largest absolute Gasteiger partial charge is 0.336 e. The fraction of sp³-hybridized carbons (Fsp3) is 0.438. The number of nitrogen functional groups attached to an aromatic ring is 1. The minimum atomic E-state index is -0.506. The molecule has 1 aliphatic carbocycles. The third-order valence-electron chi connectivity index (χ3n) is 4.33. The molecule has 9 nitrogen and oxygen atoms in total. The smallest absolute Gasteiger partial charge is 0.271 e. The molecule has 0 radical (unpaired) electrons. The van der Waals surface area contributed by atoms with E-state index in [9.17, 15) is 14.9 Å². The normalized spacial score (nSPS) is 14.9. The van der Waals surface area contributed by atoms with Crippen LogP contribution in [0.15, 0.2) is 29.4 Å². The number of nitrogens with two attached hydrogens (primary N) is 1. The van der Waals surface area contributed by atoms with Gasteiger partial charge in [-0.05, 0) is 18.9 Å². The molecule has 1 fully saturated rings. The number of hydrogen-bond acceptors (Lipinski definition) is 7. The van der Waals surface area contributed by atoms with E-state index < -0.39 is 4.92 Å². The van der Waals surface area contributed by atoms with Crippen LogP contribution in [0.4, 0.5) is 11.4 Å². The monoisotopic (exact) mass is 376 g/mol. The SMILES string of the molecule is Nn1c(SCC(=O)Nc2cccc([N+](=O)[O-])c2)nnc1C1CCCCC1. The number of hydrogen-bond donors (Lipinski definition) is 2. The summed E-state index contributed by atoms with van der Waals surface area (Å²) in [7, 11) is 0. The Labute approximate surface area is 154 Å². The number of benzene rings is 1. The van der Waals surface area contributed by atoms with Crippen molar-refractivity contribution in [2.24, 2.45) is 0 Å². The number of rotatable bonds is 6. The number of nitro groups is 1. The highest BCUT2D eigenvalue weighted by molar-refractivity contribution is 7.99. The lowest BCUT2D eigenvalue weighted by Gasteiger charge is -2.20. The molecular weight excluding hydrogens is 356 g/mol. The Morgan fingerprint density at radius 1 is 1.35 bits per heavy atom. The summed E-state index contributed by atoms with van der Waals surface area (Å²) in [5, 5.41) is 22.2. The van der Waals surface area contributed by atoms with Crippen molar-refractivity contribution in [3.63, 3.8) is 0 Å². The number of nitro benzene ring substituents is 1. The third-order valence-corrected chi connectivity index (χ3v) is 5.28. The van der Waals surface area contributed by atoms with E-state index in [1.165, 1.54) is 53.9 Å². The molecule has 0 bridgehead atoms. The highest BCUT2D eigenvalue weighted by atomic mass is 32.2. The van der Waals surface area contributed by atoms with Crippen LogP contribution in [0, 0.1) is 10.1 Å². The summed E-state index contributed by atoms with van der Waals surface area (Å²) in [5.41, 5.74) is 0.302. The van der Waals surface area contributed by atoms with Gasteiger partial charge in [0.1, 0.15) is 0 Å². The molecule has 138 valence electrons. The molecular formula is C16H20N6O3S. The van der Waals surface area contributed by atoms with Crippen molar-refractivity contribution < 1.29 is 9.72 Å². The first-order valence-electron chi connectivity index (χ1n) is 8.42. The average Bonchev–Trinajstić information content (AvgIpc) is 3.01. The van der Waals surface area contributed by atoms with E-state index in [0.29, 0.717) is 16.8 Å². The number of thioether (sulfide) groups is 1. The van der Waals surface area contributed by atoms with E-state index in [1.807, 2.05) is 0 Å². The van der Waals surface area contributed by atoms with Crippen molar-refractivity contribution in [1.29, 1.82) is 0 Å². The quantitative estimate of drug-likeness (QED) is 0.343. The number of non-ortho nitro benzene ring substituents is 1. The van der Waals surface area contributed by atoms with Crippen LogP contribution in [-0.4, -0.2) is 31.5 Å². The Morgan fingerprint density at radius 2 is 2.12 bits per heavy atom. The van der Waals surface area contributed by atoms with Crippen molar-refractivity contribution in [1.82, 2.24) is 14.9 Å². The summed E-state index contributed by atoms with van der Waals surface area (Å²) in [6.45, 7) is 0.